The molecule has 3 heteroatoms. The second-order valence-corrected chi connectivity index (χ2v) is 4.20. The van der Waals surface area contributed by atoms with E-state index in [0.717, 1.165) is 12.8 Å². The highest BCUT2D eigenvalue weighted by molar-refractivity contribution is 5.72. The van der Waals surface area contributed by atoms with Crippen LogP contribution in [-0.4, -0.2) is 22.6 Å². The number of carbonyl (C=O) groups excluding carboxylic acids is 1. The van der Waals surface area contributed by atoms with E-state index < -0.39 is 0 Å². The van der Waals surface area contributed by atoms with Crippen LogP contribution in [0.5, 0.6) is 0 Å². The fourth-order valence-corrected chi connectivity index (χ4v) is 2.36. The number of rotatable bonds is 0. The maximum absolute atomic E-state index is 11.1. The Hall–Kier alpha value is -0.570. The summed E-state index contributed by atoms with van der Waals surface area (Å²) >= 11 is 0. The normalized spacial score (nSPS) is 42.5. The van der Waals surface area contributed by atoms with Crippen LogP contribution >= 0.6 is 0 Å². The molecule has 2 unspecified atom stereocenters. The predicted octanol–water partition coefficient (Wildman–Crippen LogP) is 1.48. The molecule has 2 aliphatic rings. The van der Waals surface area contributed by atoms with E-state index in [1.165, 1.54) is 6.42 Å². The third kappa shape index (κ3) is 1.04. The lowest BCUT2D eigenvalue weighted by molar-refractivity contribution is -0.206. The smallest absolute Gasteiger partial charge is 0.327 e. The van der Waals surface area contributed by atoms with Crippen LogP contribution in [0.4, 0.5) is 0 Å². The highest BCUT2D eigenvalue weighted by Gasteiger charge is 2.47. The highest BCUT2D eigenvalue weighted by atomic mass is 16.7. The molecule has 2 heterocycles. The zero-order chi connectivity index (χ0) is 8.77. The minimum atomic E-state index is -0.0637. The number of hydrogen-bond donors (Lipinski definition) is 0. The van der Waals surface area contributed by atoms with Crippen molar-refractivity contribution in [2.45, 2.75) is 51.1 Å². The van der Waals surface area contributed by atoms with Gasteiger partial charge in [0.1, 0.15) is 0 Å². The van der Waals surface area contributed by atoms with E-state index in [-0.39, 0.29) is 11.5 Å². The molecule has 0 aromatic heterocycles. The van der Waals surface area contributed by atoms with Gasteiger partial charge < -0.3 is 4.84 Å². The average Bonchev–Trinajstić information content (AvgIpc) is 2.26. The minimum absolute atomic E-state index is 0.00521. The first-order valence-electron chi connectivity index (χ1n) is 4.62. The zero-order valence-corrected chi connectivity index (χ0v) is 7.67. The SMILES string of the molecule is CC1CCCC2(C)CC(=O)ON12. The summed E-state index contributed by atoms with van der Waals surface area (Å²) in [5, 5.41) is 1.90. The lowest BCUT2D eigenvalue weighted by atomic mass is 9.86. The topological polar surface area (TPSA) is 29.5 Å². The Balaban J connectivity index is 2.22. The molecule has 2 aliphatic heterocycles. The van der Waals surface area contributed by atoms with Crippen molar-refractivity contribution in [3.05, 3.63) is 0 Å². The van der Waals surface area contributed by atoms with Crippen molar-refractivity contribution in [2.24, 2.45) is 0 Å². The standard InChI is InChI=1S/C9H15NO2/c1-7-4-3-5-9(2)6-8(11)12-10(7)9/h7H,3-6H2,1-2H3. The van der Waals surface area contributed by atoms with Crippen molar-refractivity contribution in [1.82, 2.24) is 5.06 Å². The van der Waals surface area contributed by atoms with E-state index in [9.17, 15) is 4.79 Å². The number of fused-ring (bicyclic) bond motifs is 1. The summed E-state index contributed by atoms with van der Waals surface area (Å²) in [7, 11) is 0. The predicted molar refractivity (Wildman–Crippen MR) is 44.3 cm³/mol. The molecule has 0 N–H and O–H groups in total. The molecule has 0 aromatic rings. The number of hydroxylamine groups is 2. The number of nitrogens with zero attached hydrogens (tertiary/aromatic N) is 1. The molecule has 0 radical (unpaired) electrons. The quantitative estimate of drug-likeness (QED) is 0.550. The maximum Gasteiger partial charge on any atom is 0.327 e. The van der Waals surface area contributed by atoms with E-state index in [2.05, 4.69) is 13.8 Å². The maximum atomic E-state index is 11.1. The lowest BCUT2D eigenvalue weighted by Gasteiger charge is -2.39. The summed E-state index contributed by atoms with van der Waals surface area (Å²) < 4.78 is 0. The molecule has 68 valence electrons. The van der Waals surface area contributed by atoms with Crippen molar-refractivity contribution in [1.29, 1.82) is 0 Å². The van der Waals surface area contributed by atoms with Crippen LogP contribution in [0.25, 0.3) is 0 Å². The molecule has 12 heavy (non-hydrogen) atoms. The third-order valence-corrected chi connectivity index (χ3v) is 2.99. The first kappa shape index (κ1) is 8.05. The van der Waals surface area contributed by atoms with Gasteiger partial charge in [-0.25, -0.2) is 0 Å². The molecule has 0 aliphatic carbocycles. The van der Waals surface area contributed by atoms with Crippen LogP contribution in [-0.2, 0) is 9.63 Å². The zero-order valence-electron chi connectivity index (χ0n) is 7.67. The van der Waals surface area contributed by atoms with Gasteiger partial charge >= 0.3 is 5.97 Å². The second kappa shape index (κ2) is 2.46. The summed E-state index contributed by atoms with van der Waals surface area (Å²) in [5.74, 6) is -0.0637. The Morgan fingerprint density at radius 1 is 1.67 bits per heavy atom. The Kier molecular flexibility index (Phi) is 1.65. The largest absolute Gasteiger partial charge is 0.367 e. The van der Waals surface area contributed by atoms with Crippen LogP contribution in [0, 0.1) is 0 Å². The molecular formula is C9H15NO2. The monoisotopic (exact) mass is 169 g/mol. The Morgan fingerprint density at radius 2 is 2.42 bits per heavy atom. The molecule has 2 saturated heterocycles. The van der Waals surface area contributed by atoms with Gasteiger partial charge in [0.25, 0.3) is 0 Å². The Bertz CT molecular complexity index is 217. The van der Waals surface area contributed by atoms with Crippen LogP contribution < -0.4 is 0 Å². The van der Waals surface area contributed by atoms with E-state index >= 15 is 0 Å². The van der Waals surface area contributed by atoms with Crippen molar-refractivity contribution in [2.75, 3.05) is 0 Å². The molecule has 3 nitrogen and oxygen atoms in total. The Morgan fingerprint density at radius 3 is 3.08 bits per heavy atom. The first-order chi connectivity index (χ1) is 5.62. The molecule has 0 amide bonds. The van der Waals surface area contributed by atoms with Crippen molar-refractivity contribution < 1.29 is 9.63 Å². The van der Waals surface area contributed by atoms with E-state index in [1.54, 1.807) is 0 Å². The van der Waals surface area contributed by atoms with Crippen molar-refractivity contribution >= 4 is 5.97 Å². The van der Waals surface area contributed by atoms with Crippen LogP contribution in [0.1, 0.15) is 39.5 Å². The van der Waals surface area contributed by atoms with Gasteiger partial charge in [-0.3, -0.25) is 4.79 Å². The van der Waals surface area contributed by atoms with Gasteiger partial charge in [0, 0.05) is 6.04 Å². The number of piperidine rings is 1. The van der Waals surface area contributed by atoms with Crippen LogP contribution in [0.2, 0.25) is 0 Å². The fourth-order valence-electron chi connectivity index (χ4n) is 2.36. The molecule has 2 rings (SSSR count). The molecular weight excluding hydrogens is 154 g/mol. The van der Waals surface area contributed by atoms with Gasteiger partial charge in [-0.05, 0) is 33.1 Å². The van der Waals surface area contributed by atoms with Gasteiger partial charge in [0.05, 0.1) is 12.0 Å². The average molecular weight is 169 g/mol. The van der Waals surface area contributed by atoms with E-state index in [4.69, 9.17) is 4.84 Å². The minimum Gasteiger partial charge on any atom is -0.367 e. The molecule has 2 fully saturated rings. The molecule has 0 spiro atoms. The fraction of sp³-hybridized carbons (Fsp3) is 0.889. The van der Waals surface area contributed by atoms with Gasteiger partial charge in [-0.15, -0.1) is 5.06 Å². The van der Waals surface area contributed by atoms with Crippen molar-refractivity contribution in [3.8, 4) is 0 Å². The Labute approximate surface area is 72.6 Å². The summed E-state index contributed by atoms with van der Waals surface area (Å²) in [5.41, 5.74) is -0.00521. The van der Waals surface area contributed by atoms with E-state index in [0.29, 0.717) is 12.5 Å². The second-order valence-electron chi connectivity index (χ2n) is 4.20. The van der Waals surface area contributed by atoms with Gasteiger partial charge in [0.15, 0.2) is 0 Å². The molecule has 0 aromatic carbocycles. The van der Waals surface area contributed by atoms with Gasteiger partial charge in [-0.1, -0.05) is 0 Å². The summed E-state index contributed by atoms with van der Waals surface area (Å²) in [6, 6.07) is 0.398. The van der Waals surface area contributed by atoms with Gasteiger partial charge in [0.2, 0.25) is 0 Å². The number of carbonyl (C=O) groups is 1. The summed E-state index contributed by atoms with van der Waals surface area (Å²) in [6.07, 6.45) is 4.01. The molecule has 0 saturated carbocycles. The molecule has 0 bridgehead atoms. The van der Waals surface area contributed by atoms with E-state index in [1.807, 2.05) is 5.06 Å². The lowest BCUT2D eigenvalue weighted by Crippen LogP contribution is -2.48. The summed E-state index contributed by atoms with van der Waals surface area (Å²) in [4.78, 5) is 16.3. The first-order valence-corrected chi connectivity index (χ1v) is 4.62. The molecule has 2 atom stereocenters. The number of hydrogen-bond acceptors (Lipinski definition) is 3. The van der Waals surface area contributed by atoms with Crippen LogP contribution in [0.15, 0.2) is 0 Å². The highest BCUT2D eigenvalue weighted by Crippen LogP contribution is 2.39. The van der Waals surface area contributed by atoms with Gasteiger partial charge in [-0.2, -0.15) is 0 Å². The summed E-state index contributed by atoms with van der Waals surface area (Å²) in [6.45, 7) is 4.24. The van der Waals surface area contributed by atoms with Crippen molar-refractivity contribution in [3.63, 3.8) is 0 Å². The third-order valence-electron chi connectivity index (χ3n) is 2.99. The van der Waals surface area contributed by atoms with Crippen LogP contribution in [0.3, 0.4) is 0 Å².